The molecule has 8 heteroatoms. The minimum Gasteiger partial charge on any atom is -0.492 e. The number of hydrogen-bond acceptors (Lipinski definition) is 6. The van der Waals surface area contributed by atoms with Crippen LogP contribution >= 0.6 is 11.3 Å². The molecule has 2 N–H and O–H groups in total. The number of nitrogens with one attached hydrogen (secondary N) is 2. The zero-order valence-electron chi connectivity index (χ0n) is 15.2. The molecule has 7 nitrogen and oxygen atoms in total. The molecule has 0 bridgehead atoms. The highest BCUT2D eigenvalue weighted by Crippen LogP contribution is 2.15. The van der Waals surface area contributed by atoms with Crippen molar-refractivity contribution in [2.75, 3.05) is 26.7 Å². The lowest BCUT2D eigenvalue weighted by molar-refractivity contribution is -0.129. The monoisotopic (exact) mass is 376 g/mol. The Balaban J connectivity index is 1.62. The molecule has 0 aliphatic rings. The van der Waals surface area contributed by atoms with Gasteiger partial charge < -0.3 is 4.74 Å². The molecule has 0 saturated heterocycles. The normalized spacial score (nSPS) is 10.6. The summed E-state index contributed by atoms with van der Waals surface area (Å²) in [6.45, 7) is 5.09. The van der Waals surface area contributed by atoms with Gasteiger partial charge in [-0.1, -0.05) is 18.2 Å². The van der Waals surface area contributed by atoms with Crippen LogP contribution in [0.25, 0.3) is 0 Å². The molecule has 0 saturated carbocycles. The second-order valence-electron chi connectivity index (χ2n) is 6.01. The molecule has 0 aliphatic carbocycles. The first kappa shape index (κ1) is 19.9. The average molecular weight is 376 g/mol. The fraction of sp³-hybridized carbons (Fsp3) is 0.389. The first-order chi connectivity index (χ1) is 12.4. The Hall–Kier alpha value is -2.45. The van der Waals surface area contributed by atoms with Crippen molar-refractivity contribution in [1.82, 2.24) is 20.7 Å². The highest BCUT2D eigenvalue weighted by Gasteiger charge is 2.10. The third-order valence-corrected chi connectivity index (χ3v) is 4.52. The average Bonchev–Trinajstić information content (AvgIpc) is 2.99. The van der Waals surface area contributed by atoms with Gasteiger partial charge in [0.25, 0.3) is 5.91 Å². The number of benzene rings is 1. The van der Waals surface area contributed by atoms with Crippen LogP contribution in [0.4, 0.5) is 0 Å². The van der Waals surface area contributed by atoms with Gasteiger partial charge in [0.15, 0.2) is 0 Å². The number of para-hydroxylation sites is 1. The molecule has 2 amide bonds. The maximum absolute atomic E-state index is 11.9. The van der Waals surface area contributed by atoms with Gasteiger partial charge in [-0.15, -0.1) is 11.3 Å². The van der Waals surface area contributed by atoms with E-state index in [1.807, 2.05) is 55.4 Å². The number of aryl methyl sites for hydroxylation is 2. The molecular weight excluding hydrogens is 352 g/mol. The van der Waals surface area contributed by atoms with E-state index >= 15 is 0 Å². The molecule has 26 heavy (non-hydrogen) atoms. The number of hydrazine groups is 1. The van der Waals surface area contributed by atoms with Crippen LogP contribution in [0.3, 0.4) is 0 Å². The number of thiazole rings is 1. The van der Waals surface area contributed by atoms with E-state index < -0.39 is 0 Å². The van der Waals surface area contributed by atoms with E-state index in [-0.39, 0.29) is 24.8 Å². The van der Waals surface area contributed by atoms with E-state index in [1.54, 1.807) is 0 Å². The lowest BCUT2D eigenvalue weighted by atomic mass is 10.2. The van der Waals surface area contributed by atoms with Crippen LogP contribution in [-0.2, 0) is 16.0 Å². The van der Waals surface area contributed by atoms with Crippen LogP contribution in [0.15, 0.2) is 29.6 Å². The summed E-state index contributed by atoms with van der Waals surface area (Å²) in [6.07, 6.45) is 0.152. The van der Waals surface area contributed by atoms with Crippen molar-refractivity contribution < 1.29 is 14.3 Å². The Kier molecular flexibility index (Phi) is 7.55. The highest BCUT2D eigenvalue weighted by molar-refractivity contribution is 7.09. The number of carbonyl (C=O) groups is 2. The van der Waals surface area contributed by atoms with Crippen molar-refractivity contribution in [2.45, 2.75) is 20.3 Å². The zero-order valence-corrected chi connectivity index (χ0v) is 16.1. The molecule has 0 spiro atoms. The van der Waals surface area contributed by atoms with Crippen LogP contribution in [0, 0.1) is 13.8 Å². The summed E-state index contributed by atoms with van der Waals surface area (Å²) < 4.78 is 5.71. The standard InChI is InChI=1S/C18H24N4O3S/c1-13-6-4-5-7-15(13)25-9-8-22(3)11-17(24)21-20-16(23)10-18-19-14(2)12-26-18/h4-7,12H,8-11H2,1-3H3,(H,20,23)(H,21,24). The van der Waals surface area contributed by atoms with E-state index in [1.165, 1.54) is 11.3 Å². The number of rotatable bonds is 8. The number of hydrogen-bond donors (Lipinski definition) is 2. The first-order valence-electron chi connectivity index (χ1n) is 8.29. The second kappa shape index (κ2) is 9.88. The molecule has 0 fully saturated rings. The van der Waals surface area contributed by atoms with E-state index in [2.05, 4.69) is 15.8 Å². The lowest BCUT2D eigenvalue weighted by Gasteiger charge is -2.17. The maximum Gasteiger partial charge on any atom is 0.252 e. The highest BCUT2D eigenvalue weighted by atomic mass is 32.1. The SMILES string of the molecule is Cc1csc(CC(=O)NNC(=O)CN(C)CCOc2ccccc2C)n1. The van der Waals surface area contributed by atoms with Gasteiger partial charge in [0.05, 0.1) is 13.0 Å². The Morgan fingerprint density at radius 1 is 1.19 bits per heavy atom. The van der Waals surface area contributed by atoms with Gasteiger partial charge in [-0.2, -0.15) is 0 Å². The molecule has 1 aromatic carbocycles. The summed E-state index contributed by atoms with van der Waals surface area (Å²) in [5.74, 6) is 0.264. The van der Waals surface area contributed by atoms with Gasteiger partial charge in [-0.25, -0.2) is 4.98 Å². The van der Waals surface area contributed by atoms with Crippen LogP contribution in [0.5, 0.6) is 5.75 Å². The summed E-state index contributed by atoms with van der Waals surface area (Å²) >= 11 is 1.42. The predicted molar refractivity (Wildman–Crippen MR) is 101 cm³/mol. The smallest absolute Gasteiger partial charge is 0.252 e. The van der Waals surface area contributed by atoms with Gasteiger partial charge in [0, 0.05) is 17.6 Å². The Labute approximate surface area is 157 Å². The topological polar surface area (TPSA) is 83.6 Å². The zero-order chi connectivity index (χ0) is 18.9. The Morgan fingerprint density at radius 2 is 1.92 bits per heavy atom. The predicted octanol–water partition coefficient (Wildman–Crippen LogP) is 1.46. The van der Waals surface area contributed by atoms with Crippen molar-refractivity contribution in [2.24, 2.45) is 0 Å². The van der Waals surface area contributed by atoms with Gasteiger partial charge in [0.1, 0.15) is 17.4 Å². The molecule has 0 aliphatic heterocycles. The van der Waals surface area contributed by atoms with Crippen molar-refractivity contribution in [1.29, 1.82) is 0 Å². The minimum atomic E-state index is -0.293. The molecule has 0 radical (unpaired) electrons. The third kappa shape index (κ3) is 6.81. The quantitative estimate of drug-likeness (QED) is 0.682. The number of amides is 2. The first-order valence-corrected chi connectivity index (χ1v) is 9.17. The van der Waals surface area contributed by atoms with Crippen molar-refractivity contribution in [3.05, 3.63) is 45.9 Å². The largest absolute Gasteiger partial charge is 0.492 e. The fourth-order valence-corrected chi connectivity index (χ4v) is 2.97. The molecule has 2 aromatic rings. The van der Waals surface area contributed by atoms with Crippen molar-refractivity contribution >= 4 is 23.2 Å². The number of ether oxygens (including phenoxy) is 1. The van der Waals surface area contributed by atoms with Crippen LogP contribution in [-0.4, -0.2) is 48.4 Å². The van der Waals surface area contributed by atoms with Crippen LogP contribution < -0.4 is 15.6 Å². The van der Waals surface area contributed by atoms with Crippen molar-refractivity contribution in [3.63, 3.8) is 0 Å². The van der Waals surface area contributed by atoms with Gasteiger partial charge in [0.2, 0.25) is 5.91 Å². The lowest BCUT2D eigenvalue weighted by Crippen LogP contribution is -2.46. The molecular formula is C18H24N4O3S. The summed E-state index contributed by atoms with van der Waals surface area (Å²) in [7, 11) is 1.82. The third-order valence-electron chi connectivity index (χ3n) is 3.56. The molecule has 1 aromatic heterocycles. The van der Waals surface area contributed by atoms with E-state index in [0.717, 1.165) is 22.0 Å². The Morgan fingerprint density at radius 3 is 2.62 bits per heavy atom. The van der Waals surface area contributed by atoms with Gasteiger partial charge in [-0.3, -0.25) is 25.3 Å². The molecule has 0 atom stereocenters. The van der Waals surface area contributed by atoms with E-state index in [4.69, 9.17) is 4.74 Å². The van der Waals surface area contributed by atoms with Gasteiger partial charge >= 0.3 is 0 Å². The summed E-state index contributed by atoms with van der Waals surface area (Å²) in [5.41, 5.74) is 6.78. The Bertz CT molecular complexity index is 748. The van der Waals surface area contributed by atoms with E-state index in [9.17, 15) is 9.59 Å². The van der Waals surface area contributed by atoms with Crippen LogP contribution in [0.2, 0.25) is 0 Å². The molecule has 1 heterocycles. The van der Waals surface area contributed by atoms with Gasteiger partial charge in [-0.05, 0) is 32.5 Å². The molecule has 0 unspecified atom stereocenters. The number of carbonyl (C=O) groups excluding carboxylic acids is 2. The van der Waals surface area contributed by atoms with Crippen molar-refractivity contribution in [3.8, 4) is 5.75 Å². The number of likely N-dealkylation sites (N-methyl/N-ethyl adjacent to an activating group) is 1. The summed E-state index contributed by atoms with van der Waals surface area (Å²) in [5, 5.41) is 2.61. The maximum atomic E-state index is 11.9. The summed E-state index contributed by atoms with van der Waals surface area (Å²) in [6, 6.07) is 7.79. The number of nitrogens with zero attached hydrogens (tertiary/aromatic N) is 2. The van der Waals surface area contributed by atoms with Crippen LogP contribution in [0.1, 0.15) is 16.3 Å². The molecule has 140 valence electrons. The number of aromatic nitrogens is 1. The second-order valence-corrected chi connectivity index (χ2v) is 6.95. The minimum absolute atomic E-state index is 0.152. The molecule has 2 rings (SSSR count). The summed E-state index contributed by atoms with van der Waals surface area (Å²) in [4.78, 5) is 29.7. The fourth-order valence-electron chi connectivity index (χ4n) is 2.20. The van der Waals surface area contributed by atoms with E-state index in [0.29, 0.717) is 13.2 Å².